The van der Waals surface area contributed by atoms with Gasteiger partial charge in [0, 0.05) is 13.1 Å². The van der Waals surface area contributed by atoms with E-state index < -0.39 is 23.5 Å². The van der Waals surface area contributed by atoms with E-state index >= 15 is 0 Å². The second-order valence-electron chi connectivity index (χ2n) is 5.27. The highest BCUT2D eigenvalue weighted by atomic mass is 19.4. The molecular weight excluding hydrogens is 311 g/mol. The highest BCUT2D eigenvalue weighted by molar-refractivity contribution is 5.92. The van der Waals surface area contributed by atoms with Crippen LogP contribution >= 0.6 is 0 Å². The maximum Gasteiger partial charge on any atom is 0.437 e. The number of halogens is 3. The van der Waals surface area contributed by atoms with E-state index in [0.29, 0.717) is 6.39 Å². The largest absolute Gasteiger partial charge is 0.438 e. The Labute approximate surface area is 131 Å². The number of aromatic nitrogens is 1. The zero-order chi connectivity index (χ0) is 17.0. The van der Waals surface area contributed by atoms with Crippen molar-refractivity contribution in [3.05, 3.63) is 53.2 Å². The summed E-state index contributed by atoms with van der Waals surface area (Å²) >= 11 is 0. The van der Waals surface area contributed by atoms with Gasteiger partial charge in [0.1, 0.15) is 0 Å². The van der Waals surface area contributed by atoms with Crippen molar-refractivity contribution < 1.29 is 22.4 Å². The van der Waals surface area contributed by atoms with Gasteiger partial charge >= 0.3 is 6.18 Å². The Hall–Kier alpha value is -2.35. The minimum absolute atomic E-state index is 0.0953. The monoisotopic (exact) mass is 327 g/mol. The fourth-order valence-corrected chi connectivity index (χ4v) is 2.07. The number of hydrogen-bond acceptors (Lipinski definition) is 4. The van der Waals surface area contributed by atoms with Crippen molar-refractivity contribution >= 4 is 5.91 Å². The SMILES string of the molecule is CN(C)Cc1cccc(CNC(=O)c2ocnc2C(F)(F)F)c1. The number of carbonyl (C=O) groups is 1. The third kappa shape index (κ3) is 4.56. The fraction of sp³-hybridized carbons (Fsp3) is 0.333. The molecule has 124 valence electrons. The summed E-state index contributed by atoms with van der Waals surface area (Å²) in [6, 6.07) is 7.43. The molecule has 1 aromatic carbocycles. The van der Waals surface area contributed by atoms with Gasteiger partial charge in [0.05, 0.1) is 0 Å². The average molecular weight is 327 g/mol. The maximum absolute atomic E-state index is 12.7. The molecule has 8 heteroatoms. The van der Waals surface area contributed by atoms with Crippen LogP contribution in [0.2, 0.25) is 0 Å². The summed E-state index contributed by atoms with van der Waals surface area (Å²) in [5.41, 5.74) is 0.500. The van der Waals surface area contributed by atoms with Crippen molar-refractivity contribution in [1.82, 2.24) is 15.2 Å². The third-order valence-electron chi connectivity index (χ3n) is 2.99. The molecule has 0 aliphatic heterocycles. The van der Waals surface area contributed by atoms with Crippen LogP contribution < -0.4 is 5.32 Å². The van der Waals surface area contributed by atoms with E-state index in [1.807, 2.05) is 37.2 Å². The molecule has 5 nitrogen and oxygen atoms in total. The highest BCUT2D eigenvalue weighted by Crippen LogP contribution is 2.30. The van der Waals surface area contributed by atoms with Crippen LogP contribution in [0, 0.1) is 0 Å². The molecular formula is C15H16F3N3O2. The first kappa shape index (κ1) is 17.0. The topological polar surface area (TPSA) is 58.4 Å². The van der Waals surface area contributed by atoms with Crippen LogP contribution in [-0.2, 0) is 19.3 Å². The lowest BCUT2D eigenvalue weighted by Crippen LogP contribution is -2.25. The molecule has 23 heavy (non-hydrogen) atoms. The van der Waals surface area contributed by atoms with Gasteiger partial charge in [0.2, 0.25) is 5.76 Å². The van der Waals surface area contributed by atoms with Crippen molar-refractivity contribution in [3.8, 4) is 0 Å². The van der Waals surface area contributed by atoms with Crippen LogP contribution in [0.1, 0.15) is 27.4 Å². The Kier molecular flexibility index (Phi) is 5.05. The van der Waals surface area contributed by atoms with Gasteiger partial charge in [0.25, 0.3) is 5.91 Å². The van der Waals surface area contributed by atoms with E-state index in [1.54, 1.807) is 6.07 Å². The Morgan fingerprint density at radius 3 is 2.65 bits per heavy atom. The molecule has 0 radical (unpaired) electrons. The predicted molar refractivity (Wildman–Crippen MR) is 76.5 cm³/mol. The lowest BCUT2D eigenvalue weighted by atomic mass is 10.1. The quantitative estimate of drug-likeness (QED) is 0.917. The van der Waals surface area contributed by atoms with Crippen LogP contribution in [-0.4, -0.2) is 29.9 Å². The molecule has 0 bridgehead atoms. The van der Waals surface area contributed by atoms with Crippen molar-refractivity contribution in [1.29, 1.82) is 0 Å². The smallest absolute Gasteiger partial charge is 0.437 e. The number of carbonyl (C=O) groups excluding carboxylic acids is 1. The van der Waals surface area contributed by atoms with Crippen LogP contribution in [0.25, 0.3) is 0 Å². The van der Waals surface area contributed by atoms with E-state index in [-0.39, 0.29) is 6.54 Å². The molecule has 0 fully saturated rings. The van der Waals surface area contributed by atoms with Crippen molar-refractivity contribution in [2.45, 2.75) is 19.3 Å². The summed E-state index contributed by atoms with van der Waals surface area (Å²) in [7, 11) is 3.86. The molecule has 0 atom stereocenters. The van der Waals surface area contributed by atoms with Crippen LogP contribution in [0.4, 0.5) is 13.2 Å². The normalized spacial score (nSPS) is 11.7. The van der Waals surface area contributed by atoms with Crippen LogP contribution in [0.5, 0.6) is 0 Å². The van der Waals surface area contributed by atoms with Crippen molar-refractivity contribution in [2.24, 2.45) is 0 Å². The highest BCUT2D eigenvalue weighted by Gasteiger charge is 2.39. The molecule has 0 saturated heterocycles. The van der Waals surface area contributed by atoms with Gasteiger partial charge in [-0.3, -0.25) is 4.79 Å². The maximum atomic E-state index is 12.7. The molecule has 0 spiro atoms. The summed E-state index contributed by atoms with van der Waals surface area (Å²) in [6.45, 7) is 0.820. The summed E-state index contributed by atoms with van der Waals surface area (Å²) in [5, 5.41) is 2.41. The van der Waals surface area contributed by atoms with Gasteiger partial charge in [-0.15, -0.1) is 0 Å². The second-order valence-corrected chi connectivity index (χ2v) is 5.27. The molecule has 1 amide bonds. The van der Waals surface area contributed by atoms with Gasteiger partial charge in [-0.25, -0.2) is 4.98 Å². The molecule has 1 aromatic heterocycles. The minimum Gasteiger partial charge on any atom is -0.438 e. The zero-order valence-electron chi connectivity index (χ0n) is 12.6. The molecule has 0 saturated carbocycles. The van der Waals surface area contributed by atoms with Gasteiger partial charge < -0.3 is 14.6 Å². The molecule has 1 N–H and O–H groups in total. The first-order valence-electron chi connectivity index (χ1n) is 6.79. The van der Waals surface area contributed by atoms with Gasteiger partial charge in [-0.1, -0.05) is 24.3 Å². The number of rotatable bonds is 5. The summed E-state index contributed by atoms with van der Waals surface area (Å²) in [4.78, 5) is 16.9. The first-order valence-corrected chi connectivity index (χ1v) is 6.79. The number of oxazole rings is 1. The van der Waals surface area contributed by atoms with E-state index in [1.165, 1.54) is 0 Å². The number of hydrogen-bond donors (Lipinski definition) is 1. The molecule has 0 aliphatic rings. The van der Waals surface area contributed by atoms with Crippen molar-refractivity contribution in [2.75, 3.05) is 14.1 Å². The summed E-state index contributed by atoms with van der Waals surface area (Å²) in [5.74, 6) is -1.78. The molecule has 0 aliphatic carbocycles. The van der Waals surface area contributed by atoms with Gasteiger partial charge in [0.15, 0.2) is 12.1 Å². The summed E-state index contributed by atoms with van der Waals surface area (Å²) in [6.07, 6.45) is -4.12. The fourth-order valence-electron chi connectivity index (χ4n) is 2.07. The lowest BCUT2D eigenvalue weighted by molar-refractivity contribution is -0.141. The Bertz CT molecular complexity index is 681. The number of nitrogens with zero attached hydrogens (tertiary/aromatic N) is 2. The third-order valence-corrected chi connectivity index (χ3v) is 2.99. The Morgan fingerprint density at radius 2 is 2.00 bits per heavy atom. The first-order chi connectivity index (χ1) is 10.8. The predicted octanol–water partition coefficient (Wildman–Crippen LogP) is 2.69. The zero-order valence-corrected chi connectivity index (χ0v) is 12.6. The number of benzene rings is 1. The Morgan fingerprint density at radius 1 is 1.30 bits per heavy atom. The molecule has 0 unspecified atom stereocenters. The van der Waals surface area contributed by atoms with E-state index in [2.05, 4.69) is 14.7 Å². The number of amides is 1. The van der Waals surface area contributed by atoms with Crippen LogP contribution in [0.15, 0.2) is 35.1 Å². The van der Waals surface area contributed by atoms with Gasteiger partial charge in [-0.2, -0.15) is 13.2 Å². The number of nitrogens with one attached hydrogen (secondary N) is 1. The summed E-state index contributed by atoms with van der Waals surface area (Å²) < 4.78 is 42.6. The standard InChI is InChI=1S/C15H16F3N3O2/c1-21(2)8-11-5-3-4-10(6-11)7-19-14(22)12-13(15(16,17)18)20-9-23-12/h3-6,9H,7-8H2,1-2H3,(H,19,22). The van der Waals surface area contributed by atoms with Gasteiger partial charge in [-0.05, 0) is 25.2 Å². The number of alkyl halides is 3. The minimum atomic E-state index is -4.73. The molecule has 2 aromatic rings. The average Bonchev–Trinajstić information content (AvgIpc) is 2.94. The molecule has 2 rings (SSSR count). The molecule has 1 heterocycles. The Balaban J connectivity index is 2.04. The van der Waals surface area contributed by atoms with E-state index in [9.17, 15) is 18.0 Å². The van der Waals surface area contributed by atoms with E-state index in [4.69, 9.17) is 0 Å². The lowest BCUT2D eigenvalue weighted by Gasteiger charge is -2.11. The second kappa shape index (κ2) is 6.82. The van der Waals surface area contributed by atoms with Crippen LogP contribution in [0.3, 0.4) is 0 Å². The van der Waals surface area contributed by atoms with Crippen molar-refractivity contribution in [3.63, 3.8) is 0 Å². The van der Waals surface area contributed by atoms with E-state index in [0.717, 1.165) is 17.7 Å².